The van der Waals surface area contributed by atoms with E-state index in [1.54, 1.807) is 0 Å². The molecule has 1 atom stereocenters. The summed E-state index contributed by atoms with van der Waals surface area (Å²) in [5.74, 6) is 0.0631. The minimum Gasteiger partial charge on any atom is -0.399 e. The Balaban J connectivity index is 1.89. The molecule has 3 N–H and O–H groups in total. The summed E-state index contributed by atoms with van der Waals surface area (Å²) in [5.41, 5.74) is 9.92. The van der Waals surface area contributed by atoms with E-state index in [4.69, 9.17) is 5.73 Å². The second kappa shape index (κ2) is 6.93. The highest BCUT2D eigenvalue weighted by molar-refractivity contribution is 5.76. The van der Waals surface area contributed by atoms with Gasteiger partial charge < -0.3 is 11.1 Å². The van der Waals surface area contributed by atoms with Crippen LogP contribution in [0.15, 0.2) is 48.5 Å². The number of nitrogens with one attached hydrogen (secondary N) is 1. The second-order valence-electron chi connectivity index (χ2n) is 5.39. The van der Waals surface area contributed by atoms with E-state index in [1.807, 2.05) is 43.3 Å². The van der Waals surface area contributed by atoms with Gasteiger partial charge >= 0.3 is 0 Å². The summed E-state index contributed by atoms with van der Waals surface area (Å²) < 4.78 is 0. The molecule has 0 aromatic heterocycles. The molecule has 0 bridgehead atoms. The van der Waals surface area contributed by atoms with Gasteiger partial charge in [0, 0.05) is 12.1 Å². The normalized spacial score (nSPS) is 11.9. The molecule has 110 valence electrons. The van der Waals surface area contributed by atoms with Gasteiger partial charge in [-0.2, -0.15) is 0 Å². The van der Waals surface area contributed by atoms with E-state index in [-0.39, 0.29) is 11.9 Å². The average molecular weight is 282 g/mol. The number of nitrogen functional groups attached to an aromatic ring is 1. The fourth-order valence-electron chi connectivity index (χ4n) is 2.47. The number of hydrogen-bond acceptors (Lipinski definition) is 2. The molecule has 0 unspecified atom stereocenters. The second-order valence-corrected chi connectivity index (χ2v) is 5.39. The van der Waals surface area contributed by atoms with Crippen LogP contribution in [0.4, 0.5) is 5.69 Å². The summed E-state index contributed by atoms with van der Waals surface area (Å²) in [6.45, 7) is 4.07. The number of amides is 1. The lowest BCUT2D eigenvalue weighted by molar-refractivity contribution is -0.121. The molecule has 0 fully saturated rings. The summed E-state index contributed by atoms with van der Waals surface area (Å²) in [6.07, 6.45) is 1.18. The first kappa shape index (κ1) is 15.1. The van der Waals surface area contributed by atoms with Crippen molar-refractivity contribution in [3.63, 3.8) is 0 Å². The van der Waals surface area contributed by atoms with Crippen molar-refractivity contribution in [2.75, 3.05) is 5.73 Å². The lowest BCUT2D eigenvalue weighted by Gasteiger charge is -2.16. The third kappa shape index (κ3) is 4.35. The zero-order chi connectivity index (χ0) is 15.2. The zero-order valence-electron chi connectivity index (χ0n) is 12.6. The molecule has 0 saturated carbocycles. The van der Waals surface area contributed by atoms with Gasteiger partial charge in [-0.15, -0.1) is 0 Å². The van der Waals surface area contributed by atoms with Gasteiger partial charge in [-0.3, -0.25) is 4.79 Å². The van der Waals surface area contributed by atoms with Crippen LogP contribution in [0.3, 0.4) is 0 Å². The Morgan fingerprint density at radius 1 is 1.19 bits per heavy atom. The molecule has 21 heavy (non-hydrogen) atoms. The van der Waals surface area contributed by atoms with Crippen LogP contribution in [0, 0.1) is 6.92 Å². The Labute approximate surface area is 126 Å². The van der Waals surface area contributed by atoms with Crippen LogP contribution < -0.4 is 11.1 Å². The van der Waals surface area contributed by atoms with Gasteiger partial charge in [0.15, 0.2) is 0 Å². The molecule has 0 spiro atoms. The van der Waals surface area contributed by atoms with Crippen LogP contribution in [0.25, 0.3) is 0 Å². The zero-order valence-corrected chi connectivity index (χ0v) is 12.6. The predicted molar refractivity (Wildman–Crippen MR) is 86.9 cm³/mol. The van der Waals surface area contributed by atoms with Crippen LogP contribution in [0.5, 0.6) is 0 Å². The van der Waals surface area contributed by atoms with Crippen molar-refractivity contribution in [2.45, 2.75) is 32.7 Å². The average Bonchev–Trinajstić information content (AvgIpc) is 2.45. The van der Waals surface area contributed by atoms with Crippen LogP contribution in [0.2, 0.25) is 0 Å². The molecular formula is C18H22N2O. The smallest absolute Gasteiger partial charge is 0.220 e. The van der Waals surface area contributed by atoms with Crippen LogP contribution in [0.1, 0.15) is 36.1 Å². The quantitative estimate of drug-likeness (QED) is 0.826. The maximum absolute atomic E-state index is 12.1. The minimum absolute atomic E-state index is 0.0274. The van der Waals surface area contributed by atoms with Crippen LogP contribution >= 0.6 is 0 Å². The van der Waals surface area contributed by atoms with Crippen molar-refractivity contribution >= 4 is 11.6 Å². The molecule has 3 heteroatoms. The minimum atomic E-state index is 0.0274. The molecule has 2 aromatic rings. The number of aryl methyl sites for hydroxylation is 2. The topological polar surface area (TPSA) is 55.1 Å². The van der Waals surface area contributed by atoms with E-state index in [0.29, 0.717) is 12.8 Å². The lowest BCUT2D eigenvalue weighted by atomic mass is 10.0. The fourth-order valence-corrected chi connectivity index (χ4v) is 2.47. The third-order valence-corrected chi connectivity index (χ3v) is 3.62. The van der Waals surface area contributed by atoms with E-state index in [0.717, 1.165) is 16.8 Å². The number of benzene rings is 2. The molecule has 0 aliphatic carbocycles. The van der Waals surface area contributed by atoms with Crippen LogP contribution in [-0.4, -0.2) is 5.91 Å². The molecule has 0 aliphatic rings. The Kier molecular flexibility index (Phi) is 4.99. The number of nitrogens with two attached hydrogens (primary N) is 1. The monoisotopic (exact) mass is 282 g/mol. The highest BCUT2D eigenvalue weighted by atomic mass is 16.1. The Hall–Kier alpha value is -2.29. The van der Waals surface area contributed by atoms with Crippen molar-refractivity contribution in [3.8, 4) is 0 Å². The molecule has 0 heterocycles. The molecule has 2 rings (SSSR count). The highest BCUT2D eigenvalue weighted by Gasteiger charge is 2.11. The Morgan fingerprint density at radius 3 is 2.67 bits per heavy atom. The van der Waals surface area contributed by atoms with Gasteiger partial charge in [0.25, 0.3) is 0 Å². The molecule has 0 aliphatic heterocycles. The molecular weight excluding hydrogens is 260 g/mol. The summed E-state index contributed by atoms with van der Waals surface area (Å²) in [7, 11) is 0. The van der Waals surface area contributed by atoms with Gasteiger partial charge in [-0.1, -0.05) is 36.4 Å². The van der Waals surface area contributed by atoms with Crippen molar-refractivity contribution in [1.82, 2.24) is 5.32 Å². The van der Waals surface area contributed by atoms with Crippen molar-refractivity contribution in [2.24, 2.45) is 0 Å². The van der Waals surface area contributed by atoms with Crippen molar-refractivity contribution < 1.29 is 4.79 Å². The van der Waals surface area contributed by atoms with E-state index < -0.39 is 0 Å². The summed E-state index contributed by atoms with van der Waals surface area (Å²) >= 11 is 0. The van der Waals surface area contributed by atoms with Crippen molar-refractivity contribution in [1.29, 1.82) is 0 Å². The SMILES string of the molecule is Cc1ccccc1[C@H](C)NC(=O)CCc1cccc(N)c1. The molecule has 0 saturated heterocycles. The van der Waals surface area contributed by atoms with E-state index in [9.17, 15) is 4.79 Å². The first-order valence-corrected chi connectivity index (χ1v) is 7.25. The van der Waals surface area contributed by atoms with E-state index in [2.05, 4.69) is 24.4 Å². The molecule has 1 amide bonds. The largest absolute Gasteiger partial charge is 0.399 e. The summed E-state index contributed by atoms with van der Waals surface area (Å²) in [6, 6.07) is 15.8. The maximum atomic E-state index is 12.1. The first-order chi connectivity index (χ1) is 10.1. The standard InChI is InChI=1S/C18H22N2O/c1-13-6-3-4-9-17(13)14(2)20-18(21)11-10-15-7-5-8-16(19)12-15/h3-9,12,14H,10-11,19H2,1-2H3,(H,20,21)/t14-/m0/s1. The summed E-state index contributed by atoms with van der Waals surface area (Å²) in [4.78, 5) is 12.1. The predicted octanol–water partition coefficient (Wildman–Crippen LogP) is 3.39. The number of carbonyl (C=O) groups excluding carboxylic acids is 1. The first-order valence-electron chi connectivity index (χ1n) is 7.25. The molecule has 0 radical (unpaired) electrons. The van der Waals surface area contributed by atoms with Gasteiger partial charge in [-0.25, -0.2) is 0 Å². The highest BCUT2D eigenvalue weighted by Crippen LogP contribution is 2.17. The lowest BCUT2D eigenvalue weighted by Crippen LogP contribution is -2.27. The molecule has 3 nitrogen and oxygen atoms in total. The third-order valence-electron chi connectivity index (χ3n) is 3.62. The Bertz CT molecular complexity index is 622. The fraction of sp³-hybridized carbons (Fsp3) is 0.278. The van der Waals surface area contributed by atoms with Gasteiger partial charge in [-0.05, 0) is 49.1 Å². The van der Waals surface area contributed by atoms with Crippen LogP contribution in [-0.2, 0) is 11.2 Å². The number of rotatable bonds is 5. The van der Waals surface area contributed by atoms with E-state index in [1.165, 1.54) is 5.56 Å². The maximum Gasteiger partial charge on any atom is 0.220 e. The van der Waals surface area contributed by atoms with Gasteiger partial charge in [0.1, 0.15) is 0 Å². The number of carbonyl (C=O) groups is 1. The van der Waals surface area contributed by atoms with Gasteiger partial charge in [0.2, 0.25) is 5.91 Å². The summed E-state index contributed by atoms with van der Waals surface area (Å²) in [5, 5.41) is 3.05. The van der Waals surface area contributed by atoms with Crippen molar-refractivity contribution in [3.05, 3.63) is 65.2 Å². The van der Waals surface area contributed by atoms with Gasteiger partial charge in [0.05, 0.1) is 6.04 Å². The van der Waals surface area contributed by atoms with E-state index >= 15 is 0 Å². The molecule has 2 aromatic carbocycles. The number of anilines is 1. The number of hydrogen-bond donors (Lipinski definition) is 2. The Morgan fingerprint density at radius 2 is 1.95 bits per heavy atom.